The van der Waals surface area contributed by atoms with Gasteiger partial charge in [0.05, 0.1) is 59.1 Å². The van der Waals surface area contributed by atoms with E-state index < -0.39 is 62.2 Å². The van der Waals surface area contributed by atoms with Crippen molar-refractivity contribution in [2.24, 2.45) is 0 Å². The lowest BCUT2D eigenvalue weighted by atomic mass is 9.96. The summed E-state index contributed by atoms with van der Waals surface area (Å²) >= 11 is 0. The summed E-state index contributed by atoms with van der Waals surface area (Å²) < 4.78 is 7.40. The van der Waals surface area contributed by atoms with E-state index in [-0.39, 0.29) is 28.0 Å². The summed E-state index contributed by atoms with van der Waals surface area (Å²) in [5, 5.41) is 73.5. The number of amides is 2. The molecular formula is C28H26N4O10. The highest BCUT2D eigenvalue weighted by molar-refractivity contribution is 6.39. The molecule has 5 aromatic rings. The summed E-state index contributed by atoms with van der Waals surface area (Å²) in [6.45, 7) is -1.71. The second-order valence-electron chi connectivity index (χ2n) is 10.5. The number of ether oxygens (including phenoxy) is 1. The van der Waals surface area contributed by atoms with Gasteiger partial charge in [-0.05, 0) is 24.3 Å². The van der Waals surface area contributed by atoms with Crippen molar-refractivity contribution in [3.05, 3.63) is 47.5 Å². The molecule has 14 heteroatoms. The fourth-order valence-electron chi connectivity index (χ4n) is 6.21. The van der Waals surface area contributed by atoms with E-state index in [2.05, 4.69) is 10.4 Å². The number of benzene rings is 3. The van der Waals surface area contributed by atoms with Gasteiger partial charge in [0, 0.05) is 33.7 Å². The first kappa shape index (κ1) is 26.6. The number of hydrogen-bond acceptors (Lipinski definition) is 11. The third-order valence-electron chi connectivity index (χ3n) is 8.11. The van der Waals surface area contributed by atoms with Gasteiger partial charge in [0.2, 0.25) is 0 Å². The molecule has 0 aliphatic carbocycles. The van der Waals surface area contributed by atoms with E-state index in [1.165, 1.54) is 28.8 Å². The fourth-order valence-corrected chi connectivity index (χ4v) is 6.21. The van der Waals surface area contributed by atoms with E-state index in [0.29, 0.717) is 38.2 Å². The van der Waals surface area contributed by atoms with Crippen molar-refractivity contribution in [3.8, 4) is 11.5 Å². The number of hydrazine groups is 1. The third kappa shape index (κ3) is 3.45. The third-order valence-corrected chi connectivity index (χ3v) is 8.11. The van der Waals surface area contributed by atoms with E-state index >= 15 is 0 Å². The number of nitrogens with zero attached hydrogens (tertiary/aromatic N) is 2. The van der Waals surface area contributed by atoms with Crippen LogP contribution in [-0.4, -0.2) is 106 Å². The van der Waals surface area contributed by atoms with Crippen LogP contribution in [0.4, 0.5) is 0 Å². The predicted molar refractivity (Wildman–Crippen MR) is 147 cm³/mol. The zero-order valence-corrected chi connectivity index (χ0v) is 21.7. The van der Waals surface area contributed by atoms with E-state index in [1.807, 2.05) is 0 Å². The van der Waals surface area contributed by atoms with Crippen LogP contribution in [-0.2, 0) is 4.74 Å². The van der Waals surface area contributed by atoms with Gasteiger partial charge in [-0.25, -0.2) is 10.4 Å². The number of carbonyl (C=O) groups is 2. The Morgan fingerprint density at radius 3 is 2.17 bits per heavy atom. The van der Waals surface area contributed by atoms with Crippen LogP contribution in [0.2, 0.25) is 0 Å². The highest BCUT2D eigenvalue weighted by atomic mass is 16.6. The van der Waals surface area contributed by atoms with Gasteiger partial charge in [-0.3, -0.25) is 9.59 Å². The van der Waals surface area contributed by atoms with Crippen LogP contribution in [0.5, 0.6) is 11.5 Å². The summed E-state index contributed by atoms with van der Waals surface area (Å²) in [5.74, 6) is -1.71. The molecule has 2 aliphatic heterocycles. The molecule has 9 N–H and O–H groups in total. The minimum Gasteiger partial charge on any atom is -0.508 e. The van der Waals surface area contributed by atoms with Crippen LogP contribution < -0.4 is 5.43 Å². The number of phenolic OH excluding ortho intramolecular Hbond substituents is 2. The molecule has 14 nitrogen and oxygen atoms in total. The Balaban J connectivity index is 1.66. The lowest BCUT2D eigenvalue weighted by molar-refractivity contribution is -0.0487. The van der Waals surface area contributed by atoms with E-state index in [1.54, 1.807) is 12.1 Å². The molecule has 1 fully saturated rings. The normalized spacial score (nSPS) is 22.7. The number of aliphatic hydroxyl groups excluding tert-OH is 5. The van der Waals surface area contributed by atoms with Gasteiger partial charge in [0.25, 0.3) is 11.8 Å². The summed E-state index contributed by atoms with van der Waals surface area (Å²) in [5.41, 5.74) is 3.96. The van der Waals surface area contributed by atoms with Crippen molar-refractivity contribution in [2.45, 2.75) is 30.6 Å². The minimum atomic E-state index is -1.52. The van der Waals surface area contributed by atoms with Crippen LogP contribution in [0.3, 0.4) is 0 Å². The molecule has 0 unspecified atom stereocenters. The molecule has 218 valence electrons. The molecule has 0 saturated carbocycles. The molecule has 0 bridgehead atoms. The molecule has 3 aromatic carbocycles. The number of aromatic hydroxyl groups is 2. The molecule has 0 radical (unpaired) electrons. The number of imide groups is 1. The minimum absolute atomic E-state index is 0.0141. The topological polar surface area (TPSA) is 221 Å². The Kier molecular flexibility index (Phi) is 5.93. The standard InChI is InChI=1S/C28H26N4O10/c33-7-10(8-34)30-32-26(40)20-18-13-3-1-11(36)5-15(13)29-22(18)23-19(21(20)27(32)41)14-4-2-12(37)6-16(14)31(23)28-25(39)24(38)17(9-35)42-28/h1-6,10,17,24-25,28-30,33-39H,7-9H2/t17-,24-,25-,28+/m1/s1. The number of rotatable bonds is 6. The highest BCUT2D eigenvalue weighted by Crippen LogP contribution is 2.48. The van der Waals surface area contributed by atoms with Crippen LogP contribution in [0.25, 0.3) is 43.6 Å². The van der Waals surface area contributed by atoms with E-state index in [9.17, 15) is 45.3 Å². The predicted octanol–water partition coefficient (Wildman–Crippen LogP) is -0.0945. The SMILES string of the molecule is O=C1c2c(c3c4ccc(O)cc4n([C@H]4O[C@H](CO)[C@@H](O)[C@H]4O)c3c3[nH]c4cc(O)ccc4c23)C(=O)N1NC(CO)CO. The largest absolute Gasteiger partial charge is 0.508 e. The fraction of sp³-hybridized carbons (Fsp3) is 0.286. The number of carbonyl (C=O) groups excluding carboxylic acids is 2. The molecule has 2 amide bonds. The highest BCUT2D eigenvalue weighted by Gasteiger charge is 2.47. The zero-order chi connectivity index (χ0) is 29.6. The van der Waals surface area contributed by atoms with Gasteiger partial charge < -0.3 is 50.0 Å². The van der Waals surface area contributed by atoms with Gasteiger partial charge in [-0.2, -0.15) is 0 Å². The van der Waals surface area contributed by atoms with Crippen LogP contribution in [0.15, 0.2) is 36.4 Å². The first-order chi connectivity index (χ1) is 20.2. The Hall–Kier alpha value is -4.28. The van der Waals surface area contributed by atoms with Crippen molar-refractivity contribution in [2.75, 3.05) is 19.8 Å². The second-order valence-corrected chi connectivity index (χ2v) is 10.5. The molecule has 2 aliphatic rings. The molecule has 1 saturated heterocycles. The van der Waals surface area contributed by atoms with Gasteiger partial charge in [-0.15, -0.1) is 0 Å². The average molecular weight is 579 g/mol. The smallest absolute Gasteiger partial charge is 0.276 e. The maximum absolute atomic E-state index is 14.0. The molecule has 42 heavy (non-hydrogen) atoms. The number of H-pyrrole nitrogens is 1. The molecule has 4 heterocycles. The van der Waals surface area contributed by atoms with Crippen molar-refractivity contribution < 1.29 is 50.1 Å². The summed E-state index contributed by atoms with van der Waals surface area (Å²) in [6.07, 6.45) is -5.39. The van der Waals surface area contributed by atoms with Gasteiger partial charge in [0.1, 0.15) is 29.8 Å². The summed E-state index contributed by atoms with van der Waals surface area (Å²) in [6, 6.07) is 7.77. The maximum Gasteiger partial charge on any atom is 0.276 e. The Morgan fingerprint density at radius 2 is 1.52 bits per heavy atom. The quantitative estimate of drug-likeness (QED) is 0.121. The number of phenols is 2. The number of aromatic amines is 1. The number of hydrogen-bond donors (Lipinski definition) is 9. The van der Waals surface area contributed by atoms with Gasteiger partial charge in [0.15, 0.2) is 6.23 Å². The summed E-state index contributed by atoms with van der Waals surface area (Å²) in [7, 11) is 0. The van der Waals surface area contributed by atoms with Gasteiger partial charge in [-0.1, -0.05) is 0 Å². The molecule has 4 atom stereocenters. The first-order valence-corrected chi connectivity index (χ1v) is 13.2. The Bertz CT molecular complexity index is 1940. The van der Waals surface area contributed by atoms with Crippen molar-refractivity contribution in [1.29, 1.82) is 0 Å². The van der Waals surface area contributed by atoms with Crippen LogP contribution >= 0.6 is 0 Å². The van der Waals surface area contributed by atoms with Crippen molar-refractivity contribution in [1.82, 2.24) is 20.0 Å². The molecular weight excluding hydrogens is 552 g/mol. The molecule has 7 rings (SSSR count). The zero-order valence-electron chi connectivity index (χ0n) is 21.7. The van der Waals surface area contributed by atoms with Crippen molar-refractivity contribution in [3.63, 3.8) is 0 Å². The lowest BCUT2D eigenvalue weighted by Gasteiger charge is -2.20. The van der Waals surface area contributed by atoms with Gasteiger partial charge >= 0.3 is 0 Å². The monoisotopic (exact) mass is 578 g/mol. The van der Waals surface area contributed by atoms with E-state index in [4.69, 9.17) is 4.74 Å². The Morgan fingerprint density at radius 1 is 0.881 bits per heavy atom. The number of aliphatic hydroxyl groups is 5. The second kappa shape index (κ2) is 9.37. The van der Waals surface area contributed by atoms with Crippen LogP contribution in [0, 0.1) is 0 Å². The molecule has 2 aromatic heterocycles. The number of fused-ring (bicyclic) bond motifs is 10. The number of nitrogens with one attached hydrogen (secondary N) is 2. The molecule has 0 spiro atoms. The number of aromatic nitrogens is 2. The lowest BCUT2D eigenvalue weighted by Crippen LogP contribution is -2.50. The summed E-state index contributed by atoms with van der Waals surface area (Å²) in [4.78, 5) is 31.2. The maximum atomic E-state index is 14.0. The Labute approximate surface area is 235 Å². The van der Waals surface area contributed by atoms with Crippen molar-refractivity contribution >= 4 is 55.4 Å². The van der Waals surface area contributed by atoms with Crippen LogP contribution in [0.1, 0.15) is 26.9 Å². The first-order valence-electron chi connectivity index (χ1n) is 13.2. The van der Waals surface area contributed by atoms with E-state index in [0.717, 1.165) is 5.01 Å². The average Bonchev–Trinajstić information content (AvgIpc) is 3.66.